The summed E-state index contributed by atoms with van der Waals surface area (Å²) in [7, 11) is 0. The topological polar surface area (TPSA) is 38.3 Å². The smallest absolute Gasteiger partial charge is 0.289 e. The molecule has 1 aromatic carbocycles. The van der Waals surface area contributed by atoms with Gasteiger partial charge in [0.25, 0.3) is 5.91 Å². The number of carbonyl (C=O) groups is 1. The Morgan fingerprint density at radius 1 is 1.40 bits per heavy atom. The number of hydrogen-bond acceptors (Lipinski definition) is 2. The molecule has 1 amide bonds. The minimum Gasteiger partial charge on any atom is -0.465 e. The fraction of sp³-hybridized carbons (Fsp3) is 0.250. The molecule has 0 bridgehead atoms. The summed E-state index contributed by atoms with van der Waals surface area (Å²) in [6, 6.07) is 9.66. The summed E-state index contributed by atoms with van der Waals surface area (Å²) in [6.45, 7) is 1.97. The van der Waals surface area contributed by atoms with Crippen LogP contribution in [-0.4, -0.2) is 12.1 Å². The maximum Gasteiger partial charge on any atom is 0.289 e. The normalized spacial score (nSPS) is 22.6. The van der Waals surface area contributed by atoms with Gasteiger partial charge in [-0.15, -0.1) is 0 Å². The van der Waals surface area contributed by atoms with E-state index < -0.39 is 0 Å². The fourth-order valence-electron chi connectivity index (χ4n) is 1.44. The summed E-state index contributed by atoms with van der Waals surface area (Å²) >= 11 is 0. The molecule has 0 saturated carbocycles. The third-order valence-corrected chi connectivity index (χ3v) is 2.25. The molecular weight excluding hydrogens is 190 g/mol. The average molecular weight is 203 g/mol. The van der Waals surface area contributed by atoms with Crippen molar-refractivity contribution < 1.29 is 9.53 Å². The standard InChI is InChI=1S/C12H13NO2/c1-2-11-13-12(14)10(15-11)8-9-6-4-3-5-7-9/h3-8,11H,2H2,1H3,(H,13,14)/b10-8-. The summed E-state index contributed by atoms with van der Waals surface area (Å²) in [5, 5.41) is 2.74. The van der Waals surface area contributed by atoms with Crippen molar-refractivity contribution in [2.75, 3.05) is 0 Å². The van der Waals surface area contributed by atoms with E-state index in [0.717, 1.165) is 12.0 Å². The van der Waals surface area contributed by atoms with E-state index >= 15 is 0 Å². The van der Waals surface area contributed by atoms with Crippen molar-refractivity contribution in [3.63, 3.8) is 0 Å². The monoisotopic (exact) mass is 203 g/mol. The van der Waals surface area contributed by atoms with Gasteiger partial charge in [-0.3, -0.25) is 4.79 Å². The summed E-state index contributed by atoms with van der Waals surface area (Å²) in [4.78, 5) is 11.4. The Kier molecular flexibility index (Phi) is 2.72. The lowest BCUT2D eigenvalue weighted by Gasteiger charge is -2.04. The number of ether oxygens (including phenoxy) is 1. The predicted molar refractivity (Wildman–Crippen MR) is 57.7 cm³/mol. The van der Waals surface area contributed by atoms with Gasteiger partial charge in [-0.1, -0.05) is 37.3 Å². The summed E-state index contributed by atoms with van der Waals surface area (Å²) in [5.74, 6) is 0.263. The average Bonchev–Trinajstić information content (AvgIpc) is 2.61. The van der Waals surface area contributed by atoms with Crippen molar-refractivity contribution in [2.24, 2.45) is 0 Å². The number of amides is 1. The van der Waals surface area contributed by atoms with Crippen molar-refractivity contribution in [3.05, 3.63) is 41.7 Å². The number of nitrogens with one attached hydrogen (secondary N) is 1. The van der Waals surface area contributed by atoms with Crippen LogP contribution in [-0.2, 0) is 9.53 Å². The number of carbonyl (C=O) groups excluding carboxylic acids is 1. The molecule has 1 saturated heterocycles. The zero-order valence-electron chi connectivity index (χ0n) is 8.57. The van der Waals surface area contributed by atoms with Gasteiger partial charge < -0.3 is 10.1 Å². The minimum absolute atomic E-state index is 0.134. The molecule has 1 aliphatic rings. The van der Waals surface area contributed by atoms with Crippen LogP contribution in [0.25, 0.3) is 6.08 Å². The molecule has 3 nitrogen and oxygen atoms in total. The zero-order chi connectivity index (χ0) is 10.7. The second-order valence-electron chi connectivity index (χ2n) is 3.41. The van der Waals surface area contributed by atoms with Crippen molar-refractivity contribution in [1.82, 2.24) is 5.32 Å². The molecule has 0 radical (unpaired) electrons. The van der Waals surface area contributed by atoms with Crippen LogP contribution in [0.2, 0.25) is 0 Å². The Hall–Kier alpha value is -1.77. The van der Waals surface area contributed by atoms with E-state index in [2.05, 4.69) is 5.32 Å². The molecule has 1 aromatic rings. The number of rotatable bonds is 2. The highest BCUT2D eigenvalue weighted by atomic mass is 16.5. The molecule has 1 N–H and O–H groups in total. The van der Waals surface area contributed by atoms with E-state index in [1.165, 1.54) is 0 Å². The Morgan fingerprint density at radius 2 is 2.13 bits per heavy atom. The molecule has 1 heterocycles. The van der Waals surface area contributed by atoms with Gasteiger partial charge in [0.1, 0.15) is 0 Å². The van der Waals surface area contributed by atoms with Crippen molar-refractivity contribution in [2.45, 2.75) is 19.6 Å². The SMILES string of the molecule is CCC1NC(=O)/C(=C/c2ccccc2)O1. The third kappa shape index (κ3) is 2.18. The van der Waals surface area contributed by atoms with E-state index in [9.17, 15) is 4.79 Å². The maximum absolute atomic E-state index is 11.4. The molecule has 3 heteroatoms. The molecule has 1 unspecified atom stereocenters. The first-order chi connectivity index (χ1) is 7.29. The van der Waals surface area contributed by atoms with Crippen LogP contribution in [0, 0.1) is 0 Å². The summed E-state index contributed by atoms with van der Waals surface area (Å²) < 4.78 is 5.43. The van der Waals surface area contributed by atoms with Crippen LogP contribution >= 0.6 is 0 Å². The third-order valence-electron chi connectivity index (χ3n) is 2.25. The fourth-order valence-corrected chi connectivity index (χ4v) is 1.44. The van der Waals surface area contributed by atoms with Crippen molar-refractivity contribution >= 4 is 12.0 Å². The molecule has 1 aliphatic heterocycles. The molecule has 0 spiro atoms. The highest BCUT2D eigenvalue weighted by molar-refractivity contribution is 5.97. The van der Waals surface area contributed by atoms with Gasteiger partial charge in [-0.05, 0) is 11.6 Å². The highest BCUT2D eigenvalue weighted by Crippen LogP contribution is 2.16. The lowest BCUT2D eigenvalue weighted by molar-refractivity contribution is -0.116. The first-order valence-electron chi connectivity index (χ1n) is 5.04. The van der Waals surface area contributed by atoms with Gasteiger partial charge in [0.05, 0.1) is 0 Å². The summed E-state index contributed by atoms with van der Waals surface area (Å²) in [6.07, 6.45) is 2.36. The van der Waals surface area contributed by atoms with Gasteiger partial charge in [0, 0.05) is 6.42 Å². The van der Waals surface area contributed by atoms with Gasteiger partial charge in [0.2, 0.25) is 0 Å². The van der Waals surface area contributed by atoms with E-state index in [1.54, 1.807) is 6.08 Å². The Morgan fingerprint density at radius 3 is 2.73 bits per heavy atom. The Labute approximate surface area is 88.8 Å². The number of benzene rings is 1. The molecule has 0 aliphatic carbocycles. The van der Waals surface area contributed by atoms with Crippen LogP contribution in [0.1, 0.15) is 18.9 Å². The molecule has 1 atom stereocenters. The largest absolute Gasteiger partial charge is 0.465 e. The molecule has 2 rings (SSSR count). The van der Waals surface area contributed by atoms with Crippen LogP contribution in [0.5, 0.6) is 0 Å². The maximum atomic E-state index is 11.4. The lowest BCUT2D eigenvalue weighted by Crippen LogP contribution is -2.24. The highest BCUT2D eigenvalue weighted by Gasteiger charge is 2.25. The van der Waals surface area contributed by atoms with E-state index in [0.29, 0.717) is 5.76 Å². The van der Waals surface area contributed by atoms with Gasteiger partial charge in [-0.2, -0.15) is 0 Å². The first kappa shape index (κ1) is 9.77. The van der Waals surface area contributed by atoms with E-state index in [-0.39, 0.29) is 12.1 Å². The summed E-state index contributed by atoms with van der Waals surface area (Å²) in [5.41, 5.74) is 0.972. The minimum atomic E-state index is -0.174. The zero-order valence-corrected chi connectivity index (χ0v) is 8.57. The van der Waals surface area contributed by atoms with Crippen LogP contribution in [0.3, 0.4) is 0 Å². The van der Waals surface area contributed by atoms with Crippen molar-refractivity contribution in [1.29, 1.82) is 0 Å². The molecule has 1 fully saturated rings. The number of hydrogen-bond donors (Lipinski definition) is 1. The van der Waals surface area contributed by atoms with Gasteiger partial charge >= 0.3 is 0 Å². The van der Waals surface area contributed by atoms with Gasteiger partial charge in [-0.25, -0.2) is 0 Å². The Bertz CT molecular complexity index is 384. The van der Waals surface area contributed by atoms with Crippen LogP contribution in [0.4, 0.5) is 0 Å². The molecular formula is C12H13NO2. The Balaban J connectivity index is 2.18. The second-order valence-corrected chi connectivity index (χ2v) is 3.41. The first-order valence-corrected chi connectivity index (χ1v) is 5.04. The molecule has 78 valence electrons. The molecule has 0 aromatic heterocycles. The van der Waals surface area contributed by atoms with E-state index in [4.69, 9.17) is 4.74 Å². The second kappa shape index (κ2) is 4.17. The molecule has 15 heavy (non-hydrogen) atoms. The van der Waals surface area contributed by atoms with Crippen LogP contribution < -0.4 is 5.32 Å². The lowest BCUT2D eigenvalue weighted by atomic mass is 10.2. The van der Waals surface area contributed by atoms with Crippen LogP contribution in [0.15, 0.2) is 36.1 Å². The predicted octanol–water partition coefficient (Wildman–Crippen LogP) is 1.91. The van der Waals surface area contributed by atoms with Crippen molar-refractivity contribution in [3.8, 4) is 0 Å². The van der Waals surface area contributed by atoms with E-state index in [1.807, 2.05) is 37.3 Å². The quantitative estimate of drug-likeness (QED) is 0.745. The van der Waals surface area contributed by atoms with Gasteiger partial charge in [0.15, 0.2) is 12.0 Å².